The van der Waals surface area contributed by atoms with Gasteiger partial charge in [-0.3, -0.25) is 4.79 Å². The maximum Gasteiger partial charge on any atom is 0.433 e. The molecule has 1 aliphatic rings. The van der Waals surface area contributed by atoms with Crippen LogP contribution in [0.3, 0.4) is 0 Å². The smallest absolute Gasteiger partial charge is 0.315 e. The van der Waals surface area contributed by atoms with Crippen molar-refractivity contribution in [2.24, 2.45) is 0 Å². The molecule has 8 heteroatoms. The zero-order valence-corrected chi connectivity index (χ0v) is 16.9. The summed E-state index contributed by atoms with van der Waals surface area (Å²) >= 11 is 0.916. The summed E-state index contributed by atoms with van der Waals surface area (Å²) < 4.78 is 41.1. The number of hydrogen-bond acceptors (Lipinski definition) is 4. The molecule has 4 rings (SSSR count). The van der Waals surface area contributed by atoms with E-state index in [9.17, 15) is 18.0 Å². The Bertz CT molecular complexity index is 1090. The third-order valence-electron chi connectivity index (χ3n) is 5.01. The Morgan fingerprint density at radius 2 is 1.73 bits per heavy atom. The fourth-order valence-corrected chi connectivity index (χ4v) is 4.23. The molecule has 0 aliphatic heterocycles. The molecule has 0 saturated heterocycles. The highest BCUT2D eigenvalue weighted by atomic mass is 32.2. The van der Waals surface area contributed by atoms with Gasteiger partial charge < -0.3 is 4.90 Å². The molecule has 0 fully saturated rings. The van der Waals surface area contributed by atoms with Gasteiger partial charge in [-0.2, -0.15) is 13.2 Å². The Kier molecular flexibility index (Phi) is 5.51. The minimum Gasteiger partial charge on any atom is -0.315 e. The highest BCUT2D eigenvalue weighted by molar-refractivity contribution is 7.99. The Morgan fingerprint density at radius 1 is 1.03 bits per heavy atom. The van der Waals surface area contributed by atoms with E-state index in [-0.39, 0.29) is 28.8 Å². The molecule has 1 aliphatic carbocycles. The van der Waals surface area contributed by atoms with Gasteiger partial charge in [-0.15, -0.1) is 0 Å². The van der Waals surface area contributed by atoms with E-state index in [1.807, 2.05) is 30.3 Å². The number of benzene rings is 2. The number of para-hydroxylation sites is 1. The quantitative estimate of drug-likeness (QED) is 0.432. The fraction of sp³-hybridized carbons (Fsp3) is 0.227. The summed E-state index contributed by atoms with van der Waals surface area (Å²) in [7, 11) is 1.63. The standard InChI is InChI=1S/C22H18F3N3OS/c1-28(15-8-3-2-4-9-15)18(29)13-30-21-26-19-16-10-6-5-7-14(16)11-12-17(19)20(27-21)22(23,24)25/h2-10H,11-13H2,1H3. The molecule has 4 nitrogen and oxygen atoms in total. The van der Waals surface area contributed by atoms with Crippen LogP contribution in [0.15, 0.2) is 59.8 Å². The Morgan fingerprint density at radius 3 is 2.47 bits per heavy atom. The number of carbonyl (C=O) groups excluding carboxylic acids is 1. The average Bonchev–Trinajstić information content (AvgIpc) is 2.76. The topological polar surface area (TPSA) is 46.1 Å². The second kappa shape index (κ2) is 8.10. The van der Waals surface area contributed by atoms with E-state index in [1.54, 1.807) is 31.3 Å². The molecule has 0 atom stereocenters. The van der Waals surface area contributed by atoms with Crippen molar-refractivity contribution in [1.82, 2.24) is 9.97 Å². The van der Waals surface area contributed by atoms with Gasteiger partial charge in [0.15, 0.2) is 10.9 Å². The van der Waals surface area contributed by atoms with Crippen LogP contribution in [0, 0.1) is 0 Å². The molecular weight excluding hydrogens is 411 g/mol. The molecule has 0 radical (unpaired) electrons. The summed E-state index contributed by atoms with van der Waals surface area (Å²) in [5, 5.41) is -0.0485. The van der Waals surface area contributed by atoms with Crippen molar-refractivity contribution >= 4 is 23.4 Å². The second-order valence-electron chi connectivity index (χ2n) is 6.91. The maximum absolute atomic E-state index is 13.7. The summed E-state index contributed by atoms with van der Waals surface area (Å²) in [6.07, 6.45) is -3.83. The number of hydrogen-bond donors (Lipinski definition) is 0. The van der Waals surface area contributed by atoms with Gasteiger partial charge in [-0.1, -0.05) is 54.2 Å². The molecule has 154 valence electrons. The van der Waals surface area contributed by atoms with Crippen molar-refractivity contribution in [2.75, 3.05) is 17.7 Å². The largest absolute Gasteiger partial charge is 0.433 e. The minimum absolute atomic E-state index is 0.0485. The second-order valence-corrected chi connectivity index (χ2v) is 7.86. The highest BCUT2D eigenvalue weighted by Gasteiger charge is 2.38. The van der Waals surface area contributed by atoms with Gasteiger partial charge in [0.1, 0.15) is 0 Å². The molecule has 0 unspecified atom stereocenters. The number of carbonyl (C=O) groups is 1. The normalized spacial score (nSPS) is 12.8. The molecule has 30 heavy (non-hydrogen) atoms. The number of rotatable bonds is 4. The van der Waals surface area contributed by atoms with Crippen LogP contribution in [0.2, 0.25) is 0 Å². The number of halogens is 3. The van der Waals surface area contributed by atoms with Gasteiger partial charge in [0.05, 0.1) is 11.4 Å². The Hall–Kier alpha value is -2.87. The number of amides is 1. The predicted octanol–water partition coefficient (Wildman–Crippen LogP) is 5.02. The predicted molar refractivity (Wildman–Crippen MR) is 110 cm³/mol. The van der Waals surface area contributed by atoms with Crippen molar-refractivity contribution in [3.05, 3.63) is 71.4 Å². The van der Waals surface area contributed by atoms with E-state index in [2.05, 4.69) is 9.97 Å². The van der Waals surface area contributed by atoms with E-state index >= 15 is 0 Å². The highest BCUT2D eigenvalue weighted by Crippen LogP contribution is 2.40. The molecule has 1 aromatic heterocycles. The van der Waals surface area contributed by atoms with Crippen LogP contribution < -0.4 is 4.90 Å². The van der Waals surface area contributed by atoms with E-state index in [1.165, 1.54) is 4.90 Å². The first-order valence-electron chi connectivity index (χ1n) is 9.35. The van der Waals surface area contributed by atoms with Crippen molar-refractivity contribution in [3.8, 4) is 11.3 Å². The van der Waals surface area contributed by atoms with Gasteiger partial charge in [-0.25, -0.2) is 9.97 Å². The summed E-state index contributed by atoms with van der Waals surface area (Å²) in [6.45, 7) is 0. The van der Waals surface area contributed by atoms with Crippen LogP contribution in [-0.2, 0) is 23.8 Å². The fourth-order valence-electron chi connectivity index (χ4n) is 3.47. The van der Waals surface area contributed by atoms with E-state index in [0.717, 1.165) is 17.3 Å². The number of anilines is 1. The molecule has 2 aromatic carbocycles. The van der Waals surface area contributed by atoms with Gasteiger partial charge in [-0.05, 0) is 30.5 Å². The Balaban J connectivity index is 1.64. The SMILES string of the molecule is CN(C(=O)CSc1nc2c(c(C(F)(F)F)n1)CCc1ccccc1-2)c1ccccc1. The number of aromatic nitrogens is 2. The van der Waals surface area contributed by atoms with Crippen LogP contribution >= 0.6 is 11.8 Å². The van der Waals surface area contributed by atoms with Gasteiger partial charge in [0.2, 0.25) is 5.91 Å². The average molecular weight is 429 g/mol. The lowest BCUT2D eigenvalue weighted by Gasteiger charge is -2.23. The number of fused-ring (bicyclic) bond motifs is 3. The summed E-state index contributed by atoms with van der Waals surface area (Å²) in [4.78, 5) is 22.2. The molecule has 1 amide bonds. The van der Waals surface area contributed by atoms with Crippen LogP contribution in [0.1, 0.15) is 16.8 Å². The van der Waals surface area contributed by atoms with Crippen molar-refractivity contribution < 1.29 is 18.0 Å². The molecule has 0 spiro atoms. The lowest BCUT2D eigenvalue weighted by molar-refractivity contribution is -0.142. The summed E-state index contributed by atoms with van der Waals surface area (Å²) in [6, 6.07) is 16.4. The molecular formula is C22H18F3N3OS. The monoisotopic (exact) mass is 429 g/mol. The lowest BCUT2D eigenvalue weighted by Crippen LogP contribution is -2.28. The zero-order chi connectivity index (χ0) is 21.3. The molecule has 3 aromatic rings. The molecule has 1 heterocycles. The van der Waals surface area contributed by atoms with Crippen LogP contribution in [0.4, 0.5) is 18.9 Å². The van der Waals surface area contributed by atoms with Crippen LogP contribution in [-0.4, -0.2) is 28.7 Å². The zero-order valence-electron chi connectivity index (χ0n) is 16.1. The summed E-state index contributed by atoms with van der Waals surface area (Å²) in [5.74, 6) is -0.315. The van der Waals surface area contributed by atoms with Gasteiger partial charge in [0.25, 0.3) is 0 Å². The Labute approximate surface area is 176 Å². The van der Waals surface area contributed by atoms with E-state index < -0.39 is 11.9 Å². The third-order valence-corrected chi connectivity index (χ3v) is 5.85. The number of alkyl halides is 3. The lowest BCUT2D eigenvalue weighted by atomic mass is 9.88. The molecule has 0 saturated carbocycles. The van der Waals surface area contributed by atoms with Crippen LogP contribution in [0.25, 0.3) is 11.3 Å². The first kappa shape index (κ1) is 20.4. The summed E-state index contributed by atoms with van der Waals surface area (Å²) in [5.41, 5.74) is 1.89. The van der Waals surface area contributed by atoms with Crippen LogP contribution in [0.5, 0.6) is 0 Å². The van der Waals surface area contributed by atoms with Crippen molar-refractivity contribution in [3.63, 3.8) is 0 Å². The number of thioether (sulfide) groups is 1. The first-order valence-corrected chi connectivity index (χ1v) is 10.3. The molecule has 0 N–H and O–H groups in total. The minimum atomic E-state index is -4.58. The maximum atomic E-state index is 13.7. The third kappa shape index (κ3) is 4.05. The number of nitrogens with zero attached hydrogens (tertiary/aromatic N) is 3. The number of aryl methyl sites for hydroxylation is 1. The van der Waals surface area contributed by atoms with Crippen molar-refractivity contribution in [2.45, 2.75) is 24.2 Å². The van der Waals surface area contributed by atoms with Gasteiger partial charge in [0, 0.05) is 23.9 Å². The van der Waals surface area contributed by atoms with Crippen molar-refractivity contribution in [1.29, 1.82) is 0 Å². The first-order chi connectivity index (χ1) is 14.3. The van der Waals surface area contributed by atoms with Gasteiger partial charge >= 0.3 is 6.18 Å². The molecule has 0 bridgehead atoms. The van der Waals surface area contributed by atoms with E-state index in [4.69, 9.17) is 0 Å². The van der Waals surface area contributed by atoms with E-state index in [0.29, 0.717) is 23.4 Å².